The van der Waals surface area contributed by atoms with Gasteiger partial charge in [-0.25, -0.2) is 0 Å². The van der Waals surface area contributed by atoms with E-state index < -0.39 is 0 Å². The van der Waals surface area contributed by atoms with Gasteiger partial charge in [0.2, 0.25) is 11.8 Å². The molecule has 0 aliphatic carbocycles. The Morgan fingerprint density at radius 1 is 0.812 bits per heavy atom. The van der Waals surface area contributed by atoms with Crippen LogP contribution in [0.4, 0.5) is 0 Å². The quantitative estimate of drug-likeness (QED) is 0.757. The van der Waals surface area contributed by atoms with Crippen molar-refractivity contribution in [3.8, 4) is 0 Å². The van der Waals surface area contributed by atoms with E-state index in [4.69, 9.17) is 0 Å². The fraction of sp³-hybridized carbons (Fsp3) is 0. The average Bonchev–Trinajstić information content (AvgIpc) is 2.27. The van der Waals surface area contributed by atoms with Crippen LogP contribution in [0.15, 0.2) is 24.3 Å². The molecule has 0 heterocycles. The van der Waals surface area contributed by atoms with Gasteiger partial charge in [-0.05, 0) is 24.3 Å². The molecule has 16 heavy (non-hydrogen) atoms. The van der Waals surface area contributed by atoms with Crippen molar-refractivity contribution in [3.63, 3.8) is 0 Å². The van der Waals surface area contributed by atoms with E-state index in [1.807, 2.05) is 0 Å². The first-order chi connectivity index (χ1) is 6.69. The molecule has 6 heteroatoms. The molecule has 2 amide bonds. The first kappa shape index (κ1) is 18.7. The number of carbonyl (C=O) groups excluding carboxylic acids is 2. The van der Waals surface area contributed by atoms with Gasteiger partial charge < -0.3 is 10.6 Å². The third kappa shape index (κ3) is 5.13. The SMILES string of the molecule is [CH2-]NC(=O)c1ccc(C(=O)N[CH2-])cc1.[Y].[Y]. The Labute approximate surface area is 145 Å². The summed E-state index contributed by atoms with van der Waals surface area (Å²) in [6, 6.07) is 6.19. The standard InChI is InChI=1S/C10H10N2O2.2Y/c1-11-9(13)7-3-5-8(6-4-7)10(14)12-2;;/h3-6H,1-2H2,(H,11,13)(H,12,14);;/q-2;;. The summed E-state index contributed by atoms with van der Waals surface area (Å²) in [4.78, 5) is 22.2. The molecule has 1 aromatic carbocycles. The maximum atomic E-state index is 11.1. The molecule has 4 nitrogen and oxygen atoms in total. The monoisotopic (exact) mass is 368 g/mol. The van der Waals surface area contributed by atoms with Gasteiger partial charge in [-0.1, -0.05) is 0 Å². The summed E-state index contributed by atoms with van der Waals surface area (Å²) in [5, 5.41) is 4.48. The van der Waals surface area contributed by atoms with E-state index in [1.165, 1.54) is 0 Å². The van der Waals surface area contributed by atoms with Gasteiger partial charge >= 0.3 is 0 Å². The number of benzene rings is 1. The Kier molecular flexibility index (Phi) is 11.0. The fourth-order valence-electron chi connectivity index (χ4n) is 0.977. The largest absolute Gasteiger partial charge is 0.504 e. The summed E-state index contributed by atoms with van der Waals surface area (Å²) >= 11 is 0. The van der Waals surface area contributed by atoms with Crippen LogP contribution < -0.4 is 10.6 Å². The van der Waals surface area contributed by atoms with Crippen molar-refractivity contribution in [2.24, 2.45) is 0 Å². The molecule has 0 unspecified atom stereocenters. The molecule has 0 spiro atoms. The predicted octanol–water partition coefficient (Wildman–Crippen LogP) is 0.724. The van der Waals surface area contributed by atoms with Gasteiger partial charge in [0.1, 0.15) is 0 Å². The van der Waals surface area contributed by atoms with Gasteiger partial charge in [0.25, 0.3) is 0 Å². The second kappa shape index (κ2) is 9.40. The molecule has 0 aliphatic heterocycles. The maximum absolute atomic E-state index is 11.1. The van der Waals surface area contributed by atoms with Crippen LogP contribution in [-0.4, -0.2) is 11.8 Å². The molecule has 1 rings (SSSR count). The summed E-state index contributed by atoms with van der Waals surface area (Å²) in [7, 11) is 6.49. The maximum Gasteiger partial charge on any atom is 0.222 e. The van der Waals surface area contributed by atoms with Gasteiger partial charge in [-0.3, -0.25) is 23.7 Å². The van der Waals surface area contributed by atoms with Crippen LogP contribution in [0.2, 0.25) is 0 Å². The van der Waals surface area contributed by atoms with Crippen molar-refractivity contribution < 1.29 is 75.0 Å². The van der Waals surface area contributed by atoms with Crippen LogP contribution in [0.25, 0.3) is 0 Å². The van der Waals surface area contributed by atoms with Crippen LogP contribution >= 0.6 is 0 Å². The third-order valence-electron chi connectivity index (χ3n) is 1.73. The number of hydrogen-bond donors (Lipinski definition) is 2. The first-order valence-electron chi connectivity index (χ1n) is 3.94. The molecule has 0 fully saturated rings. The predicted molar refractivity (Wildman–Crippen MR) is 52.1 cm³/mol. The van der Waals surface area contributed by atoms with Crippen molar-refractivity contribution in [2.75, 3.05) is 0 Å². The van der Waals surface area contributed by atoms with Crippen molar-refractivity contribution in [1.82, 2.24) is 10.6 Å². The molecule has 0 saturated carbocycles. The molecule has 80 valence electrons. The van der Waals surface area contributed by atoms with Gasteiger partial charge in [-0.15, -0.1) is 0 Å². The Bertz CT molecular complexity index is 317. The molecule has 0 atom stereocenters. The van der Waals surface area contributed by atoms with E-state index in [1.54, 1.807) is 24.3 Å². The smallest absolute Gasteiger partial charge is 0.222 e. The van der Waals surface area contributed by atoms with E-state index in [-0.39, 0.29) is 77.2 Å². The number of carbonyl (C=O) groups is 2. The molecule has 2 N–H and O–H groups in total. The average molecular weight is 368 g/mol. The summed E-state index contributed by atoms with van der Waals surface area (Å²) < 4.78 is 0. The molecule has 0 aliphatic rings. The Morgan fingerprint density at radius 2 is 1.06 bits per heavy atom. The van der Waals surface area contributed by atoms with Gasteiger partial charge in [-0.2, -0.15) is 0 Å². The van der Waals surface area contributed by atoms with Crippen molar-refractivity contribution >= 4 is 11.8 Å². The van der Waals surface area contributed by atoms with Crippen LogP contribution in [0, 0.1) is 14.1 Å². The van der Waals surface area contributed by atoms with E-state index in [9.17, 15) is 9.59 Å². The number of nitrogens with one attached hydrogen (secondary N) is 2. The summed E-state index contributed by atoms with van der Waals surface area (Å²) in [6.45, 7) is 0. The second-order valence-electron chi connectivity index (χ2n) is 2.59. The summed E-state index contributed by atoms with van der Waals surface area (Å²) in [5.41, 5.74) is 0.918. The summed E-state index contributed by atoms with van der Waals surface area (Å²) in [5.74, 6) is -0.571. The Hall–Kier alpha value is 0.368. The molecular formula is C10H10N2O2Y2-2. The van der Waals surface area contributed by atoms with Gasteiger partial charge in [0, 0.05) is 76.5 Å². The van der Waals surface area contributed by atoms with Crippen molar-refractivity contribution in [2.45, 2.75) is 0 Å². The fourth-order valence-corrected chi connectivity index (χ4v) is 0.977. The molecular weight excluding hydrogens is 358 g/mol. The van der Waals surface area contributed by atoms with Crippen LogP contribution in [-0.2, 0) is 65.4 Å². The van der Waals surface area contributed by atoms with E-state index in [0.29, 0.717) is 11.1 Å². The Balaban J connectivity index is 0. The number of hydrogen-bond acceptors (Lipinski definition) is 2. The molecule has 0 aromatic heterocycles. The number of rotatable bonds is 2. The van der Waals surface area contributed by atoms with Gasteiger partial charge in [0.15, 0.2) is 0 Å². The Morgan fingerprint density at radius 3 is 1.25 bits per heavy atom. The molecule has 0 saturated heterocycles. The minimum Gasteiger partial charge on any atom is -0.504 e. The third-order valence-corrected chi connectivity index (χ3v) is 1.73. The van der Waals surface area contributed by atoms with E-state index in [0.717, 1.165) is 0 Å². The second-order valence-corrected chi connectivity index (χ2v) is 2.59. The topological polar surface area (TPSA) is 58.2 Å². The molecule has 1 aromatic rings. The van der Waals surface area contributed by atoms with Crippen LogP contribution in [0.1, 0.15) is 20.7 Å². The summed E-state index contributed by atoms with van der Waals surface area (Å²) in [6.07, 6.45) is 0. The van der Waals surface area contributed by atoms with Crippen molar-refractivity contribution in [1.29, 1.82) is 0 Å². The van der Waals surface area contributed by atoms with Crippen LogP contribution in [0.5, 0.6) is 0 Å². The first-order valence-corrected chi connectivity index (χ1v) is 3.94. The van der Waals surface area contributed by atoms with Crippen LogP contribution in [0.3, 0.4) is 0 Å². The number of amides is 2. The molecule has 0 bridgehead atoms. The van der Waals surface area contributed by atoms with Gasteiger partial charge in [0.05, 0.1) is 0 Å². The normalized spacial score (nSPS) is 8.12. The van der Waals surface area contributed by atoms with E-state index >= 15 is 0 Å². The van der Waals surface area contributed by atoms with E-state index in [2.05, 4.69) is 24.7 Å². The zero-order valence-corrected chi connectivity index (χ0v) is 14.4. The molecule has 2 radical (unpaired) electrons. The minimum absolute atomic E-state index is 0. The zero-order chi connectivity index (χ0) is 10.6. The zero-order valence-electron chi connectivity index (χ0n) is 8.69. The minimum atomic E-state index is -0.286. The van der Waals surface area contributed by atoms with Crippen molar-refractivity contribution in [3.05, 3.63) is 49.5 Å².